The maximum atomic E-state index is 13.2. The van der Waals surface area contributed by atoms with Crippen LogP contribution in [0.15, 0.2) is 48.5 Å². The second-order valence-corrected chi connectivity index (χ2v) is 4.22. The van der Waals surface area contributed by atoms with Gasteiger partial charge in [0.05, 0.1) is 5.52 Å². The van der Waals surface area contributed by atoms with E-state index in [-0.39, 0.29) is 5.82 Å². The van der Waals surface area contributed by atoms with Gasteiger partial charge in [-0.3, -0.25) is 0 Å². The molecule has 3 rings (SSSR count). The Hall–Kier alpha value is -2.00. The van der Waals surface area contributed by atoms with Crippen molar-refractivity contribution in [3.63, 3.8) is 0 Å². The average Bonchev–Trinajstić information content (AvgIpc) is 2.39. The Labute approximate surface area is 108 Å². The molecule has 88 valence electrons. The molecule has 0 spiro atoms. The van der Waals surface area contributed by atoms with Crippen molar-refractivity contribution in [1.29, 1.82) is 0 Å². The third kappa shape index (κ3) is 1.93. The van der Waals surface area contributed by atoms with E-state index in [1.165, 1.54) is 12.1 Å². The zero-order valence-electron chi connectivity index (χ0n) is 9.27. The van der Waals surface area contributed by atoms with E-state index in [0.29, 0.717) is 16.5 Å². The summed E-state index contributed by atoms with van der Waals surface area (Å²) < 4.78 is 13.2. The Morgan fingerprint density at radius 3 is 2.61 bits per heavy atom. The highest BCUT2D eigenvalue weighted by Crippen LogP contribution is 2.24. The first-order chi connectivity index (χ1) is 8.74. The minimum absolute atomic E-state index is 0.319. The number of benzene rings is 2. The molecule has 0 aliphatic rings. The highest BCUT2D eigenvalue weighted by molar-refractivity contribution is 6.34. The van der Waals surface area contributed by atoms with E-state index in [1.807, 2.05) is 24.3 Å². The summed E-state index contributed by atoms with van der Waals surface area (Å²) in [5, 5.41) is 1.17. The van der Waals surface area contributed by atoms with Gasteiger partial charge in [0, 0.05) is 10.9 Å². The highest BCUT2D eigenvalue weighted by Gasteiger charge is 2.07. The molecule has 18 heavy (non-hydrogen) atoms. The third-order valence-electron chi connectivity index (χ3n) is 2.64. The van der Waals surface area contributed by atoms with Gasteiger partial charge in [0.25, 0.3) is 0 Å². The van der Waals surface area contributed by atoms with Gasteiger partial charge >= 0.3 is 0 Å². The topological polar surface area (TPSA) is 25.8 Å². The van der Waals surface area contributed by atoms with E-state index in [0.717, 1.165) is 10.9 Å². The van der Waals surface area contributed by atoms with Crippen molar-refractivity contribution in [1.82, 2.24) is 9.97 Å². The molecule has 3 aromatic rings. The molecule has 2 nitrogen and oxygen atoms in total. The normalized spacial score (nSPS) is 10.8. The molecule has 0 saturated heterocycles. The molecule has 0 bridgehead atoms. The van der Waals surface area contributed by atoms with Crippen molar-refractivity contribution in [3.8, 4) is 11.4 Å². The fraction of sp³-hybridized carbons (Fsp3) is 0. The van der Waals surface area contributed by atoms with Crippen LogP contribution in [0.5, 0.6) is 0 Å². The van der Waals surface area contributed by atoms with Gasteiger partial charge < -0.3 is 0 Å². The Bertz CT molecular complexity index is 728. The molecule has 0 aliphatic heterocycles. The lowest BCUT2D eigenvalue weighted by Crippen LogP contribution is -1.92. The molecular weight excluding hydrogens is 251 g/mol. The lowest BCUT2D eigenvalue weighted by Gasteiger charge is -2.04. The average molecular weight is 259 g/mol. The van der Waals surface area contributed by atoms with E-state index in [2.05, 4.69) is 9.97 Å². The highest BCUT2D eigenvalue weighted by atomic mass is 35.5. The van der Waals surface area contributed by atoms with Crippen molar-refractivity contribution in [2.45, 2.75) is 0 Å². The summed E-state index contributed by atoms with van der Waals surface area (Å²) in [6, 6.07) is 13.6. The zero-order chi connectivity index (χ0) is 12.5. The minimum atomic E-state index is -0.319. The summed E-state index contributed by atoms with van der Waals surface area (Å²) >= 11 is 6.11. The number of para-hydroxylation sites is 1. The summed E-state index contributed by atoms with van der Waals surface area (Å²) in [5.74, 6) is 0.110. The fourth-order valence-corrected chi connectivity index (χ4v) is 2.03. The van der Waals surface area contributed by atoms with E-state index in [4.69, 9.17) is 11.6 Å². The number of fused-ring (bicyclic) bond motifs is 1. The van der Waals surface area contributed by atoms with E-state index in [9.17, 15) is 4.39 Å². The predicted octanol–water partition coefficient (Wildman–Crippen LogP) is 4.09. The first kappa shape index (κ1) is 11.1. The second kappa shape index (κ2) is 4.35. The summed E-state index contributed by atoms with van der Waals surface area (Å²) in [5.41, 5.74) is 1.36. The van der Waals surface area contributed by atoms with Crippen LogP contribution >= 0.6 is 11.6 Å². The van der Waals surface area contributed by atoms with Crippen molar-refractivity contribution in [2.75, 3.05) is 0 Å². The van der Waals surface area contributed by atoms with Crippen LogP contribution in [-0.2, 0) is 0 Å². The van der Waals surface area contributed by atoms with Gasteiger partial charge in [0.2, 0.25) is 0 Å². The maximum Gasteiger partial charge on any atom is 0.161 e. The number of hydrogen-bond acceptors (Lipinski definition) is 2. The van der Waals surface area contributed by atoms with Crippen LogP contribution in [0.2, 0.25) is 5.15 Å². The zero-order valence-corrected chi connectivity index (χ0v) is 10.0. The van der Waals surface area contributed by atoms with E-state index >= 15 is 0 Å². The summed E-state index contributed by atoms with van der Waals surface area (Å²) in [6.07, 6.45) is 0. The van der Waals surface area contributed by atoms with Gasteiger partial charge in [0.15, 0.2) is 5.82 Å². The van der Waals surface area contributed by atoms with Gasteiger partial charge in [-0.25, -0.2) is 14.4 Å². The standard InChI is InChI=1S/C14H8ClFN2/c15-13-11-6-1-2-7-12(11)17-14(18-13)9-4-3-5-10(16)8-9/h1-8H. The molecule has 0 N–H and O–H groups in total. The number of hydrogen-bond donors (Lipinski definition) is 0. The van der Waals surface area contributed by atoms with Crippen molar-refractivity contribution in [3.05, 3.63) is 59.5 Å². The molecule has 0 amide bonds. The van der Waals surface area contributed by atoms with Crippen molar-refractivity contribution >= 4 is 22.5 Å². The summed E-state index contributed by atoms with van der Waals surface area (Å²) in [6.45, 7) is 0. The monoisotopic (exact) mass is 258 g/mol. The SMILES string of the molecule is Fc1cccc(-c2nc(Cl)c3ccccc3n2)c1. The van der Waals surface area contributed by atoms with Gasteiger partial charge in [-0.1, -0.05) is 35.9 Å². The second-order valence-electron chi connectivity index (χ2n) is 3.87. The molecule has 1 aromatic heterocycles. The van der Waals surface area contributed by atoms with Crippen molar-refractivity contribution in [2.24, 2.45) is 0 Å². The molecule has 0 radical (unpaired) electrons. The number of rotatable bonds is 1. The predicted molar refractivity (Wildman–Crippen MR) is 69.9 cm³/mol. The largest absolute Gasteiger partial charge is 0.228 e. The molecule has 0 saturated carbocycles. The Kier molecular flexibility index (Phi) is 2.68. The molecule has 4 heteroatoms. The molecule has 1 heterocycles. The number of aromatic nitrogens is 2. The van der Waals surface area contributed by atoms with E-state index < -0.39 is 0 Å². The van der Waals surface area contributed by atoms with Gasteiger partial charge in [-0.15, -0.1) is 0 Å². The van der Waals surface area contributed by atoms with Crippen LogP contribution in [0.25, 0.3) is 22.3 Å². The first-order valence-electron chi connectivity index (χ1n) is 5.42. The molecule has 0 aliphatic carbocycles. The Balaban J connectivity index is 2.24. The molecule has 0 atom stereocenters. The summed E-state index contributed by atoms with van der Waals surface area (Å²) in [7, 11) is 0. The lowest BCUT2D eigenvalue weighted by molar-refractivity contribution is 0.628. The third-order valence-corrected chi connectivity index (χ3v) is 2.93. The van der Waals surface area contributed by atoms with Crippen LogP contribution in [0.1, 0.15) is 0 Å². The van der Waals surface area contributed by atoms with Crippen LogP contribution in [-0.4, -0.2) is 9.97 Å². The summed E-state index contributed by atoms with van der Waals surface area (Å²) in [4.78, 5) is 8.59. The number of halogens is 2. The smallest absolute Gasteiger partial charge is 0.161 e. The van der Waals surface area contributed by atoms with Gasteiger partial charge in [-0.2, -0.15) is 0 Å². The van der Waals surface area contributed by atoms with Crippen LogP contribution < -0.4 is 0 Å². The Morgan fingerprint density at radius 1 is 0.944 bits per heavy atom. The minimum Gasteiger partial charge on any atom is -0.228 e. The Morgan fingerprint density at radius 2 is 1.78 bits per heavy atom. The van der Waals surface area contributed by atoms with Crippen LogP contribution in [0.3, 0.4) is 0 Å². The molecular formula is C14H8ClFN2. The maximum absolute atomic E-state index is 13.2. The molecule has 2 aromatic carbocycles. The van der Waals surface area contributed by atoms with Gasteiger partial charge in [0.1, 0.15) is 11.0 Å². The number of nitrogens with zero attached hydrogens (tertiary/aromatic N) is 2. The fourth-order valence-electron chi connectivity index (χ4n) is 1.79. The van der Waals surface area contributed by atoms with Crippen LogP contribution in [0.4, 0.5) is 4.39 Å². The van der Waals surface area contributed by atoms with Crippen molar-refractivity contribution < 1.29 is 4.39 Å². The molecule has 0 unspecified atom stereocenters. The quantitative estimate of drug-likeness (QED) is 0.615. The van der Waals surface area contributed by atoms with Gasteiger partial charge in [-0.05, 0) is 24.3 Å². The first-order valence-corrected chi connectivity index (χ1v) is 5.80. The van der Waals surface area contributed by atoms with E-state index in [1.54, 1.807) is 12.1 Å². The molecule has 0 fully saturated rings. The lowest BCUT2D eigenvalue weighted by atomic mass is 10.2. The van der Waals surface area contributed by atoms with Crippen LogP contribution in [0, 0.1) is 5.82 Å².